The highest BCUT2D eigenvalue weighted by molar-refractivity contribution is 7.92. The zero-order valence-electron chi connectivity index (χ0n) is 13.2. The van der Waals surface area contributed by atoms with Crippen LogP contribution in [0, 0.1) is 6.92 Å². The number of carboxylic acids is 1. The third kappa shape index (κ3) is 5.53. The minimum Gasteiger partial charge on any atom is -0.550 e. The quantitative estimate of drug-likeness (QED) is 0.708. The molecule has 1 heterocycles. The minimum atomic E-state index is -3.87. The molecule has 10 heteroatoms. The van der Waals surface area contributed by atoms with Crippen LogP contribution in [0.5, 0.6) is 0 Å². The number of anilines is 2. The van der Waals surface area contributed by atoms with Gasteiger partial charge in [-0.2, -0.15) is 0 Å². The summed E-state index contributed by atoms with van der Waals surface area (Å²) >= 11 is 0. The first-order chi connectivity index (χ1) is 11.8. The van der Waals surface area contributed by atoms with Gasteiger partial charge in [-0.3, -0.25) is 4.79 Å². The molecule has 2 N–H and O–H groups in total. The zero-order chi connectivity index (χ0) is 18.4. The van der Waals surface area contributed by atoms with E-state index in [0.717, 1.165) is 0 Å². The number of amides is 1. The number of aryl methyl sites for hydroxylation is 1. The lowest BCUT2D eigenvalue weighted by Crippen LogP contribution is -2.24. The Kier molecular flexibility index (Phi) is 5.65. The van der Waals surface area contributed by atoms with Crippen molar-refractivity contribution in [2.45, 2.75) is 24.7 Å². The highest BCUT2D eigenvalue weighted by atomic mass is 32.2. The van der Waals surface area contributed by atoms with E-state index in [-0.39, 0.29) is 17.3 Å². The molecule has 0 spiro atoms. The van der Waals surface area contributed by atoms with Gasteiger partial charge in [-0.05, 0) is 43.7 Å². The van der Waals surface area contributed by atoms with Crippen molar-refractivity contribution in [2.75, 3.05) is 10.0 Å². The fourth-order valence-electron chi connectivity index (χ4n) is 1.83. The van der Waals surface area contributed by atoms with Crippen molar-refractivity contribution in [3.8, 4) is 0 Å². The number of carboxylic acid groups (broad SMARTS) is 1. The third-order valence-corrected chi connectivity index (χ3v) is 4.37. The number of aliphatic carboxylic acids is 1. The molecular formula is C15H15N4O5S-. The molecule has 0 aliphatic rings. The van der Waals surface area contributed by atoms with Crippen molar-refractivity contribution in [1.82, 2.24) is 9.97 Å². The number of rotatable bonds is 7. The number of carbonyl (C=O) groups is 2. The van der Waals surface area contributed by atoms with Gasteiger partial charge in [0.15, 0.2) is 0 Å². The molecule has 0 aliphatic heterocycles. The van der Waals surface area contributed by atoms with Crippen molar-refractivity contribution < 1.29 is 23.1 Å². The molecule has 132 valence electrons. The summed E-state index contributed by atoms with van der Waals surface area (Å²) in [6.07, 6.45) is 0.818. The maximum atomic E-state index is 12.3. The lowest BCUT2D eigenvalue weighted by molar-refractivity contribution is -0.305. The van der Waals surface area contributed by atoms with Crippen molar-refractivity contribution in [1.29, 1.82) is 0 Å². The summed E-state index contributed by atoms with van der Waals surface area (Å²) in [4.78, 5) is 29.6. The van der Waals surface area contributed by atoms with Gasteiger partial charge in [-0.25, -0.2) is 23.1 Å². The second-order valence-electron chi connectivity index (χ2n) is 5.07. The number of hydrogen-bond donors (Lipinski definition) is 2. The molecule has 0 atom stereocenters. The Hall–Kier alpha value is -3.01. The monoisotopic (exact) mass is 363 g/mol. The van der Waals surface area contributed by atoms with Gasteiger partial charge >= 0.3 is 0 Å². The Bertz CT molecular complexity index is 881. The Morgan fingerprint density at radius 1 is 1.12 bits per heavy atom. The first-order valence-electron chi connectivity index (χ1n) is 7.18. The largest absolute Gasteiger partial charge is 0.550 e. The smallest absolute Gasteiger partial charge is 0.264 e. The summed E-state index contributed by atoms with van der Waals surface area (Å²) in [7, 11) is -3.87. The number of nitrogens with zero attached hydrogens (tertiary/aromatic N) is 2. The number of benzene rings is 1. The van der Waals surface area contributed by atoms with Crippen LogP contribution in [0.1, 0.15) is 18.5 Å². The molecule has 25 heavy (non-hydrogen) atoms. The van der Waals surface area contributed by atoms with E-state index in [1.165, 1.54) is 30.5 Å². The second kappa shape index (κ2) is 7.71. The van der Waals surface area contributed by atoms with Gasteiger partial charge in [-0.1, -0.05) is 0 Å². The van der Waals surface area contributed by atoms with Crippen LogP contribution in [0.15, 0.2) is 41.4 Å². The molecular weight excluding hydrogens is 348 g/mol. The summed E-state index contributed by atoms with van der Waals surface area (Å²) in [6.45, 7) is 1.71. The van der Waals surface area contributed by atoms with Crippen LogP contribution in [-0.4, -0.2) is 30.3 Å². The van der Waals surface area contributed by atoms with Gasteiger partial charge in [-0.15, -0.1) is 0 Å². The summed E-state index contributed by atoms with van der Waals surface area (Å²) in [5, 5.41) is 12.8. The van der Waals surface area contributed by atoms with Crippen molar-refractivity contribution in [2.24, 2.45) is 0 Å². The van der Waals surface area contributed by atoms with E-state index in [1.54, 1.807) is 13.0 Å². The van der Waals surface area contributed by atoms with Crippen LogP contribution < -0.4 is 15.1 Å². The highest BCUT2D eigenvalue weighted by Crippen LogP contribution is 2.16. The lowest BCUT2D eigenvalue weighted by Gasteiger charge is -2.09. The highest BCUT2D eigenvalue weighted by Gasteiger charge is 2.15. The predicted octanol–water partition coefficient (Wildman–Crippen LogP) is 0.0544. The summed E-state index contributed by atoms with van der Waals surface area (Å²) in [5.74, 6) is -1.87. The van der Waals surface area contributed by atoms with Crippen LogP contribution in [0.25, 0.3) is 0 Å². The van der Waals surface area contributed by atoms with E-state index in [9.17, 15) is 23.1 Å². The van der Waals surface area contributed by atoms with Crippen LogP contribution in [0.2, 0.25) is 0 Å². The Balaban J connectivity index is 2.05. The standard InChI is InChI=1S/C15H16N4O5S/c1-10-8-9-16-15(17-10)19-25(23,24)12-4-2-11(3-5-12)18-13(20)6-7-14(21)22/h2-5,8-9H,6-7H2,1H3,(H,18,20)(H,21,22)(H,16,17,19)/p-1. The Morgan fingerprint density at radius 3 is 2.40 bits per heavy atom. The molecule has 0 saturated heterocycles. The average molecular weight is 363 g/mol. The van der Waals surface area contributed by atoms with Gasteiger partial charge in [0.25, 0.3) is 10.0 Å². The molecule has 0 unspecified atom stereocenters. The first kappa shape index (κ1) is 18.3. The topological polar surface area (TPSA) is 141 Å². The summed E-state index contributed by atoms with van der Waals surface area (Å²) in [5.41, 5.74) is 0.955. The van der Waals surface area contributed by atoms with Crippen LogP contribution in [0.3, 0.4) is 0 Å². The number of carbonyl (C=O) groups excluding carboxylic acids is 2. The number of sulfonamides is 1. The van der Waals surface area contributed by atoms with E-state index in [2.05, 4.69) is 20.0 Å². The molecule has 1 amide bonds. The van der Waals surface area contributed by atoms with E-state index >= 15 is 0 Å². The molecule has 1 aromatic carbocycles. The van der Waals surface area contributed by atoms with Gasteiger partial charge in [0.05, 0.1) is 4.90 Å². The van der Waals surface area contributed by atoms with Crippen molar-refractivity contribution in [3.63, 3.8) is 0 Å². The lowest BCUT2D eigenvalue weighted by atomic mass is 10.2. The maximum absolute atomic E-state index is 12.3. The molecule has 0 fully saturated rings. The number of hydrogen-bond acceptors (Lipinski definition) is 7. The summed E-state index contributed by atoms with van der Waals surface area (Å²) in [6, 6.07) is 7.01. The van der Waals surface area contributed by atoms with Crippen LogP contribution in [0.4, 0.5) is 11.6 Å². The average Bonchev–Trinajstić information content (AvgIpc) is 2.53. The molecule has 0 radical (unpaired) electrons. The van der Waals surface area contributed by atoms with Crippen molar-refractivity contribution >= 4 is 33.5 Å². The van der Waals surface area contributed by atoms with Gasteiger partial charge < -0.3 is 15.2 Å². The molecule has 2 aromatic rings. The first-order valence-corrected chi connectivity index (χ1v) is 8.67. The predicted molar refractivity (Wildman–Crippen MR) is 86.9 cm³/mol. The number of aromatic nitrogens is 2. The van der Waals surface area contributed by atoms with E-state index in [0.29, 0.717) is 11.4 Å². The van der Waals surface area contributed by atoms with E-state index in [1.807, 2.05) is 0 Å². The van der Waals surface area contributed by atoms with Crippen LogP contribution >= 0.6 is 0 Å². The zero-order valence-corrected chi connectivity index (χ0v) is 14.0. The van der Waals surface area contributed by atoms with Gasteiger partial charge in [0, 0.05) is 30.0 Å². The fraction of sp³-hybridized carbons (Fsp3) is 0.200. The van der Waals surface area contributed by atoms with E-state index < -0.39 is 28.3 Å². The molecule has 9 nitrogen and oxygen atoms in total. The molecule has 0 saturated carbocycles. The van der Waals surface area contributed by atoms with Crippen molar-refractivity contribution in [3.05, 3.63) is 42.2 Å². The molecule has 1 aromatic heterocycles. The Morgan fingerprint density at radius 2 is 1.80 bits per heavy atom. The number of nitrogens with one attached hydrogen (secondary N) is 2. The maximum Gasteiger partial charge on any atom is 0.264 e. The van der Waals surface area contributed by atoms with Gasteiger partial charge in [0.1, 0.15) is 0 Å². The normalized spacial score (nSPS) is 10.9. The van der Waals surface area contributed by atoms with Gasteiger partial charge in [0.2, 0.25) is 11.9 Å². The van der Waals surface area contributed by atoms with Crippen LogP contribution in [-0.2, 0) is 19.6 Å². The second-order valence-corrected chi connectivity index (χ2v) is 6.75. The third-order valence-electron chi connectivity index (χ3n) is 3.03. The SMILES string of the molecule is Cc1ccnc(NS(=O)(=O)c2ccc(NC(=O)CCC(=O)[O-])cc2)n1. The molecule has 2 rings (SSSR count). The summed E-state index contributed by atoms with van der Waals surface area (Å²) < 4.78 is 26.8. The minimum absolute atomic E-state index is 0.0367. The molecule has 0 bridgehead atoms. The molecule has 0 aliphatic carbocycles. The Labute approximate surface area is 144 Å². The van der Waals surface area contributed by atoms with E-state index in [4.69, 9.17) is 0 Å². The fourth-order valence-corrected chi connectivity index (χ4v) is 2.78.